The van der Waals surface area contributed by atoms with E-state index >= 15 is 0 Å². The van der Waals surface area contributed by atoms with Gasteiger partial charge in [0, 0.05) is 215 Å². The Hall–Kier alpha value is -10.7. The van der Waals surface area contributed by atoms with Gasteiger partial charge in [-0.25, -0.2) is 64.2 Å². The number of benzene rings is 3. The van der Waals surface area contributed by atoms with Crippen molar-refractivity contribution in [3.05, 3.63) is 166 Å². The van der Waals surface area contributed by atoms with E-state index in [2.05, 4.69) is 84.4 Å². The van der Waals surface area contributed by atoms with Gasteiger partial charge in [-0.05, 0) is 85.8 Å². The first kappa shape index (κ1) is 74.1. The lowest BCUT2D eigenvalue weighted by atomic mass is 10.0. The van der Waals surface area contributed by atoms with Crippen LogP contribution in [0, 0.1) is 5.92 Å². The minimum Gasteiger partial charge on any atom is -0.369 e. The second-order valence-corrected chi connectivity index (χ2v) is 32.9. The summed E-state index contributed by atoms with van der Waals surface area (Å²) in [5.41, 5.74) is 14.3. The molecule has 1 aliphatic heterocycles. The molecular formula is C73H87N23O6S3. The summed E-state index contributed by atoms with van der Waals surface area (Å²) in [6, 6.07) is 24.3. The first-order valence-electron chi connectivity index (χ1n) is 34.5. The number of nitrogens with one attached hydrogen (secondary N) is 4. The molecule has 3 aromatic carbocycles. The number of unbranched alkanes of at least 4 members (excludes halogenated alkanes) is 2. The van der Waals surface area contributed by atoms with E-state index in [4.69, 9.17) is 15.0 Å². The normalized spacial score (nSPS) is 15.5. The molecule has 29 nitrogen and oxygen atoms in total. The Kier molecular flexibility index (Phi) is 23.0. The summed E-state index contributed by atoms with van der Waals surface area (Å²) in [5.74, 6) is 4.57. The highest BCUT2D eigenvalue weighted by atomic mass is 32.2. The molecule has 548 valence electrons. The van der Waals surface area contributed by atoms with Gasteiger partial charge in [-0.15, -0.1) is 0 Å². The second kappa shape index (κ2) is 32.6. The zero-order valence-corrected chi connectivity index (χ0v) is 62.6. The van der Waals surface area contributed by atoms with Gasteiger partial charge in [-0.2, -0.15) is 30.6 Å². The zero-order valence-electron chi connectivity index (χ0n) is 60.2. The number of rotatable bonds is 25. The van der Waals surface area contributed by atoms with Gasteiger partial charge in [0.1, 0.15) is 27.3 Å². The molecule has 12 aromatic rings. The largest absolute Gasteiger partial charge is 0.369 e. The van der Waals surface area contributed by atoms with E-state index in [-0.39, 0.29) is 17.8 Å². The maximum absolute atomic E-state index is 11.8. The van der Waals surface area contributed by atoms with Crippen LogP contribution in [0.4, 0.5) is 17.5 Å². The number of hydrogen-bond acceptors (Lipinski definition) is 21. The lowest BCUT2D eigenvalue weighted by Crippen LogP contribution is -2.33. The fourth-order valence-electron chi connectivity index (χ4n) is 12.8. The summed E-state index contributed by atoms with van der Waals surface area (Å²) >= 11 is 0. The molecule has 0 amide bonds. The molecule has 2 aliphatic rings. The molecule has 1 unspecified atom stereocenters. The second-order valence-electron chi connectivity index (χ2n) is 26.9. The molecule has 32 heteroatoms. The van der Waals surface area contributed by atoms with Gasteiger partial charge in [0.2, 0.25) is 20.0 Å². The van der Waals surface area contributed by atoms with Crippen LogP contribution in [0.1, 0.15) is 51.4 Å². The van der Waals surface area contributed by atoms with Gasteiger partial charge in [-0.3, -0.25) is 28.1 Å². The summed E-state index contributed by atoms with van der Waals surface area (Å²) in [6.07, 6.45) is 38.2. The fraction of sp³-hybridized carbons (Fsp3) is 0.342. The summed E-state index contributed by atoms with van der Waals surface area (Å²) < 4.78 is 84.5. The molecule has 1 aliphatic carbocycles. The molecule has 1 saturated heterocycles. The Labute approximate surface area is 611 Å². The van der Waals surface area contributed by atoms with Crippen LogP contribution in [-0.4, -0.2) is 181 Å². The van der Waals surface area contributed by atoms with Gasteiger partial charge >= 0.3 is 0 Å². The Morgan fingerprint density at radius 2 is 0.800 bits per heavy atom. The first-order valence-corrected chi connectivity index (χ1v) is 40.3. The third kappa shape index (κ3) is 20.0. The van der Waals surface area contributed by atoms with Crippen LogP contribution in [0.15, 0.2) is 166 Å². The number of anilines is 3. The molecule has 0 radical (unpaired) electrons. The van der Waals surface area contributed by atoms with Gasteiger partial charge < -0.3 is 16.0 Å². The van der Waals surface area contributed by atoms with Crippen molar-refractivity contribution in [3.63, 3.8) is 0 Å². The standard InChI is InChI=1S/C25H30N8O2S.C24H28N8O2S.C24H29N7O2S/c1-31-16-21(12-28-31)19-5-4-6-20(11-19)24-27-14-23(22-13-29-32(2)17-22)25(30-24)26-9-7-18-8-10-33(15-18)36(3,34)35;1-31-14-18(11-26-31)16-5-4-6-17(9-16)23-25-13-22(19-12-27-32(2)15-19)24(29-23)28-20-7-8-21(10-20)30-35(3,33)34;1-30-16-20(13-27-30)18-8-7-9-19(12-18)23-26-15-22(21-14-28-31(2)17-21)24(29-23)25-10-5-4-6-11-34(3,32)33/h4-6,11-14,16-18H,7-10,15H2,1-3H3,(H,26,27,30);4-6,9,11-15,20-21,30H,7-8,10H2,1-3H3,(H,25,28,29);7-9,12-17H,4-6,10-11H2,1-3H3,(H,25,26,29)/t;20-,21+;/m.1./s1. The summed E-state index contributed by atoms with van der Waals surface area (Å²) in [5, 5.41) is 36.1. The summed E-state index contributed by atoms with van der Waals surface area (Å²) in [6.45, 7) is 2.53. The van der Waals surface area contributed by atoms with Crippen LogP contribution in [0.3, 0.4) is 0 Å². The van der Waals surface area contributed by atoms with Crippen LogP contribution in [-0.2, 0) is 72.2 Å². The number of sulfone groups is 1. The van der Waals surface area contributed by atoms with E-state index in [1.54, 1.807) is 51.0 Å². The molecule has 9 aromatic heterocycles. The Morgan fingerprint density at radius 1 is 0.419 bits per heavy atom. The summed E-state index contributed by atoms with van der Waals surface area (Å²) in [7, 11) is 2.02. The average molecular weight is 1480 g/mol. The zero-order chi connectivity index (χ0) is 74.0. The van der Waals surface area contributed by atoms with Crippen LogP contribution in [0.2, 0.25) is 0 Å². The van der Waals surface area contributed by atoms with Crippen LogP contribution < -0.4 is 20.7 Å². The molecule has 3 atom stereocenters. The SMILES string of the molecule is Cn1cc(-c2cccc(-c3ncc(-c4cnn(C)c4)c(NCCC4CCN(S(C)(=O)=O)C4)n3)c2)cn1.Cn1cc(-c2cccc(-c3ncc(-c4cnn(C)c4)c(NCCCCCS(C)(=O)=O)n3)c2)cn1.Cn1cc(-c2cccc(-c3ncc(-c4cnn(C)c4)c(N[C@@H]4CC[C@H](NS(C)(=O)=O)C4)n3)c2)cn1. The van der Waals surface area contributed by atoms with Crippen LogP contribution >= 0.6 is 0 Å². The Bertz CT molecular complexity index is 5350. The fourth-order valence-corrected chi connectivity index (χ4v) is 15.3. The lowest BCUT2D eigenvalue weighted by molar-refractivity contribution is 0.454. The van der Waals surface area contributed by atoms with E-state index in [0.29, 0.717) is 68.2 Å². The van der Waals surface area contributed by atoms with Gasteiger partial charge in [0.25, 0.3) is 0 Å². The van der Waals surface area contributed by atoms with Gasteiger partial charge in [-0.1, -0.05) is 61.0 Å². The number of aromatic nitrogens is 18. The van der Waals surface area contributed by atoms with E-state index in [1.165, 1.54) is 18.8 Å². The topological polar surface area (TPSA) is 338 Å². The molecule has 105 heavy (non-hydrogen) atoms. The van der Waals surface area contributed by atoms with Crippen molar-refractivity contribution < 1.29 is 25.3 Å². The predicted octanol–water partition coefficient (Wildman–Crippen LogP) is 9.43. The van der Waals surface area contributed by atoms with Crippen molar-refractivity contribution in [1.29, 1.82) is 0 Å². The molecule has 1 saturated carbocycles. The monoisotopic (exact) mass is 1480 g/mol. The Morgan fingerprint density at radius 3 is 1.18 bits per heavy atom. The molecule has 10 heterocycles. The van der Waals surface area contributed by atoms with Gasteiger partial charge in [0.15, 0.2) is 17.5 Å². The minimum absolute atomic E-state index is 0.0817. The van der Waals surface area contributed by atoms with Crippen molar-refractivity contribution in [2.45, 2.75) is 63.5 Å². The smallest absolute Gasteiger partial charge is 0.211 e. The highest BCUT2D eigenvalue weighted by Gasteiger charge is 2.30. The average Bonchev–Trinajstić information content (AvgIpc) is 1.69. The van der Waals surface area contributed by atoms with Gasteiger partial charge in [0.05, 0.1) is 49.7 Å². The molecule has 0 bridgehead atoms. The molecule has 14 rings (SSSR count). The molecule has 4 N–H and O–H groups in total. The summed E-state index contributed by atoms with van der Waals surface area (Å²) in [4.78, 5) is 28.7. The lowest BCUT2D eigenvalue weighted by Gasteiger charge is -2.17. The van der Waals surface area contributed by atoms with Crippen molar-refractivity contribution >= 4 is 47.3 Å². The van der Waals surface area contributed by atoms with E-state index in [1.807, 2.05) is 171 Å². The number of sulfonamides is 2. The number of aryl methyl sites for hydroxylation is 6. The minimum atomic E-state index is -3.24. The number of nitrogens with zero attached hydrogens (tertiary/aromatic N) is 19. The van der Waals surface area contributed by atoms with Crippen LogP contribution in [0.5, 0.6) is 0 Å². The molecule has 2 fully saturated rings. The maximum Gasteiger partial charge on any atom is 0.211 e. The van der Waals surface area contributed by atoms with Crippen molar-refractivity contribution in [3.8, 4) is 101 Å². The van der Waals surface area contributed by atoms with E-state index in [9.17, 15) is 25.3 Å². The predicted molar refractivity (Wildman–Crippen MR) is 408 cm³/mol. The third-order valence-corrected chi connectivity index (χ3v) is 21.2. The van der Waals surface area contributed by atoms with E-state index in [0.717, 1.165) is 134 Å². The highest BCUT2D eigenvalue weighted by Crippen LogP contribution is 2.36. The van der Waals surface area contributed by atoms with Crippen molar-refractivity contribution in [2.75, 3.05) is 66.6 Å². The number of hydrogen-bond donors (Lipinski definition) is 4. The maximum atomic E-state index is 11.8. The van der Waals surface area contributed by atoms with Crippen LogP contribution in [0.25, 0.3) is 101 Å². The van der Waals surface area contributed by atoms with Crippen molar-refractivity contribution in [1.82, 2.24) is 97.6 Å². The highest BCUT2D eigenvalue weighted by molar-refractivity contribution is 7.90. The van der Waals surface area contributed by atoms with Crippen molar-refractivity contribution in [2.24, 2.45) is 48.2 Å². The first-order chi connectivity index (χ1) is 50.3. The Balaban J connectivity index is 0.000000148. The molecular weight excluding hydrogens is 1390 g/mol. The van der Waals surface area contributed by atoms with E-state index < -0.39 is 29.9 Å². The third-order valence-electron chi connectivity index (χ3n) is 18.1. The quantitative estimate of drug-likeness (QED) is 0.0387. The molecule has 0 spiro atoms.